The van der Waals surface area contributed by atoms with Crippen molar-refractivity contribution in [1.29, 1.82) is 0 Å². The van der Waals surface area contributed by atoms with E-state index in [1.807, 2.05) is 11.9 Å². The molecule has 100 valence electrons. The number of hydrogen-bond donors (Lipinski definition) is 0. The van der Waals surface area contributed by atoms with Gasteiger partial charge in [0.05, 0.1) is 0 Å². The van der Waals surface area contributed by atoms with Gasteiger partial charge in [0.1, 0.15) is 0 Å². The van der Waals surface area contributed by atoms with Gasteiger partial charge in [0, 0.05) is 16.8 Å². The first-order valence-electron chi connectivity index (χ1n) is 6.89. The molecule has 0 bridgehead atoms. The van der Waals surface area contributed by atoms with Crippen LogP contribution in [0.25, 0.3) is 0 Å². The summed E-state index contributed by atoms with van der Waals surface area (Å²) in [7, 11) is 0. The van der Waals surface area contributed by atoms with Crippen molar-refractivity contribution in [2.75, 3.05) is 0 Å². The van der Waals surface area contributed by atoms with E-state index in [0.29, 0.717) is 11.1 Å². The lowest BCUT2D eigenvalue weighted by atomic mass is 9.83. The van der Waals surface area contributed by atoms with Gasteiger partial charge in [-0.15, -0.1) is 0 Å². The molecule has 0 aromatic heterocycles. The minimum Gasteiger partial charge on any atom is -0.239 e. The van der Waals surface area contributed by atoms with Crippen molar-refractivity contribution in [3.8, 4) is 0 Å². The summed E-state index contributed by atoms with van der Waals surface area (Å²) in [6.45, 7) is 9.52. The molecule has 1 aliphatic heterocycles. The molecule has 1 aliphatic rings. The molecule has 0 saturated carbocycles. The fourth-order valence-electron chi connectivity index (χ4n) is 3.04. The lowest BCUT2D eigenvalue weighted by Gasteiger charge is -2.51. The smallest absolute Gasteiger partial charge is 0.0332 e. The molecular formula is C16H25NS. The van der Waals surface area contributed by atoms with E-state index in [0.717, 1.165) is 5.75 Å². The fraction of sp³-hybridized carbons (Fsp3) is 0.625. The second kappa shape index (κ2) is 5.26. The van der Waals surface area contributed by atoms with Crippen LogP contribution in [0.2, 0.25) is 0 Å². The number of rotatable bonds is 3. The Morgan fingerprint density at radius 2 is 1.56 bits per heavy atom. The molecule has 1 nitrogen and oxygen atoms in total. The van der Waals surface area contributed by atoms with E-state index >= 15 is 0 Å². The summed E-state index contributed by atoms with van der Waals surface area (Å²) in [6.07, 6.45) is 3.96. The van der Waals surface area contributed by atoms with Gasteiger partial charge in [0.15, 0.2) is 0 Å². The Bertz CT molecular complexity index is 367. The van der Waals surface area contributed by atoms with Crippen LogP contribution in [-0.4, -0.2) is 15.4 Å². The molecule has 2 rings (SSSR count). The Labute approximate surface area is 116 Å². The molecule has 0 N–H and O–H groups in total. The predicted molar refractivity (Wildman–Crippen MR) is 81.6 cm³/mol. The third-order valence-corrected chi connectivity index (χ3v) is 5.59. The van der Waals surface area contributed by atoms with Crippen LogP contribution in [0.15, 0.2) is 30.3 Å². The zero-order valence-electron chi connectivity index (χ0n) is 12.1. The highest BCUT2D eigenvalue weighted by atomic mass is 32.2. The SMILES string of the molecule is CC1(C)CCCC(C)(C)N1SCc1ccccc1. The van der Waals surface area contributed by atoms with Crippen LogP contribution < -0.4 is 0 Å². The van der Waals surface area contributed by atoms with Gasteiger partial charge in [0.2, 0.25) is 0 Å². The maximum atomic E-state index is 2.64. The highest BCUT2D eigenvalue weighted by Crippen LogP contribution is 2.43. The van der Waals surface area contributed by atoms with Crippen molar-refractivity contribution in [3.63, 3.8) is 0 Å². The van der Waals surface area contributed by atoms with Gasteiger partial charge >= 0.3 is 0 Å². The number of hydrogen-bond acceptors (Lipinski definition) is 2. The third kappa shape index (κ3) is 3.10. The van der Waals surface area contributed by atoms with Crippen LogP contribution in [0.1, 0.15) is 52.5 Å². The molecule has 1 saturated heterocycles. The zero-order valence-corrected chi connectivity index (χ0v) is 12.9. The van der Waals surface area contributed by atoms with Crippen molar-refractivity contribution in [2.24, 2.45) is 0 Å². The van der Waals surface area contributed by atoms with Gasteiger partial charge in [-0.2, -0.15) is 0 Å². The Morgan fingerprint density at radius 3 is 2.11 bits per heavy atom. The normalized spacial score (nSPS) is 22.9. The third-order valence-electron chi connectivity index (χ3n) is 3.88. The number of nitrogens with zero attached hydrogens (tertiary/aromatic N) is 1. The largest absolute Gasteiger partial charge is 0.239 e. The molecule has 1 aromatic rings. The van der Waals surface area contributed by atoms with Crippen molar-refractivity contribution >= 4 is 11.9 Å². The first kappa shape index (κ1) is 14.0. The fourth-order valence-corrected chi connectivity index (χ4v) is 4.39. The van der Waals surface area contributed by atoms with Crippen molar-refractivity contribution < 1.29 is 0 Å². The zero-order chi connectivity index (χ0) is 13.2. The Morgan fingerprint density at radius 1 is 1.00 bits per heavy atom. The van der Waals surface area contributed by atoms with E-state index in [-0.39, 0.29) is 0 Å². The van der Waals surface area contributed by atoms with Crippen LogP contribution in [0.3, 0.4) is 0 Å². The lowest BCUT2D eigenvalue weighted by molar-refractivity contribution is 0.0676. The summed E-state index contributed by atoms with van der Waals surface area (Å²) in [5.41, 5.74) is 2.03. The van der Waals surface area contributed by atoms with Crippen LogP contribution in [-0.2, 0) is 5.75 Å². The first-order chi connectivity index (χ1) is 8.42. The standard InChI is InChI=1S/C16H25NS/c1-15(2)11-8-12-16(3,4)17(15)18-13-14-9-6-5-7-10-14/h5-7,9-10H,8,11-13H2,1-4H3. The van der Waals surface area contributed by atoms with Crippen molar-refractivity contribution in [1.82, 2.24) is 4.31 Å². The Kier molecular flexibility index (Phi) is 4.08. The summed E-state index contributed by atoms with van der Waals surface area (Å²) < 4.78 is 2.64. The molecular weight excluding hydrogens is 238 g/mol. The minimum atomic E-state index is 0.307. The highest BCUT2D eigenvalue weighted by Gasteiger charge is 2.41. The second-order valence-corrected chi connectivity index (χ2v) is 7.44. The molecule has 1 fully saturated rings. The number of piperidine rings is 1. The molecule has 2 heteroatoms. The first-order valence-corrected chi connectivity index (χ1v) is 7.83. The lowest BCUT2D eigenvalue weighted by Crippen LogP contribution is -2.54. The second-order valence-electron chi connectivity index (χ2n) is 6.53. The van der Waals surface area contributed by atoms with Crippen molar-refractivity contribution in [3.05, 3.63) is 35.9 Å². The summed E-state index contributed by atoms with van der Waals surface area (Å²) in [6, 6.07) is 10.8. The van der Waals surface area contributed by atoms with Crippen molar-refractivity contribution in [2.45, 2.75) is 63.8 Å². The quantitative estimate of drug-likeness (QED) is 0.715. The summed E-state index contributed by atoms with van der Waals surface area (Å²) >= 11 is 2.00. The number of benzene rings is 1. The molecule has 0 atom stereocenters. The topological polar surface area (TPSA) is 3.24 Å². The maximum Gasteiger partial charge on any atom is 0.0332 e. The van der Waals surface area contributed by atoms with Crippen LogP contribution in [0, 0.1) is 0 Å². The minimum absolute atomic E-state index is 0.307. The Hall–Kier alpha value is -0.470. The van der Waals surface area contributed by atoms with Crippen LogP contribution in [0.5, 0.6) is 0 Å². The van der Waals surface area contributed by atoms with Gasteiger partial charge in [0.25, 0.3) is 0 Å². The highest BCUT2D eigenvalue weighted by molar-refractivity contribution is 7.96. The average Bonchev–Trinajstić information content (AvgIpc) is 2.28. The Balaban J connectivity index is 2.05. The van der Waals surface area contributed by atoms with E-state index < -0.39 is 0 Å². The van der Waals surface area contributed by atoms with E-state index in [2.05, 4.69) is 62.3 Å². The molecule has 0 radical (unpaired) electrons. The summed E-state index contributed by atoms with van der Waals surface area (Å²) in [5.74, 6) is 1.08. The van der Waals surface area contributed by atoms with Gasteiger partial charge in [-0.05, 0) is 52.5 Å². The molecule has 1 heterocycles. The van der Waals surface area contributed by atoms with Gasteiger partial charge in [-0.25, -0.2) is 4.31 Å². The van der Waals surface area contributed by atoms with E-state index in [9.17, 15) is 0 Å². The van der Waals surface area contributed by atoms with Gasteiger partial charge < -0.3 is 0 Å². The molecule has 18 heavy (non-hydrogen) atoms. The maximum absolute atomic E-state index is 2.64. The molecule has 0 spiro atoms. The molecule has 0 amide bonds. The average molecular weight is 263 g/mol. The monoisotopic (exact) mass is 263 g/mol. The van der Waals surface area contributed by atoms with Crippen LogP contribution >= 0.6 is 11.9 Å². The predicted octanol–water partition coefficient (Wildman–Crippen LogP) is 4.88. The van der Waals surface area contributed by atoms with E-state index in [4.69, 9.17) is 0 Å². The van der Waals surface area contributed by atoms with E-state index in [1.165, 1.54) is 24.8 Å². The summed E-state index contributed by atoms with van der Waals surface area (Å²) in [4.78, 5) is 0. The van der Waals surface area contributed by atoms with Crippen LogP contribution in [0.4, 0.5) is 0 Å². The molecule has 0 unspecified atom stereocenters. The molecule has 0 aliphatic carbocycles. The van der Waals surface area contributed by atoms with Gasteiger partial charge in [-0.3, -0.25) is 0 Å². The van der Waals surface area contributed by atoms with Gasteiger partial charge in [-0.1, -0.05) is 42.3 Å². The van der Waals surface area contributed by atoms with E-state index in [1.54, 1.807) is 0 Å². The molecule has 1 aromatic carbocycles. The summed E-state index contributed by atoms with van der Waals surface area (Å²) in [5, 5.41) is 0.